The summed E-state index contributed by atoms with van der Waals surface area (Å²) in [7, 11) is 0. The fourth-order valence-electron chi connectivity index (χ4n) is 4.94. The summed E-state index contributed by atoms with van der Waals surface area (Å²) < 4.78 is 17.6. The first kappa shape index (κ1) is 21.6. The second kappa shape index (κ2) is 8.74. The van der Waals surface area contributed by atoms with Crippen LogP contribution in [0.25, 0.3) is 39.0 Å². The van der Waals surface area contributed by atoms with Gasteiger partial charge in [0.05, 0.1) is 46.8 Å². The van der Waals surface area contributed by atoms with Gasteiger partial charge in [0.1, 0.15) is 6.10 Å². The molecular weight excluding hydrogens is 478 g/mol. The molecule has 0 bridgehead atoms. The maximum atomic E-state index is 6.67. The van der Waals surface area contributed by atoms with Crippen LogP contribution in [0.3, 0.4) is 0 Å². The molecule has 0 aliphatic carbocycles. The summed E-state index contributed by atoms with van der Waals surface area (Å²) in [5.41, 5.74) is 6.68. The van der Waals surface area contributed by atoms with Crippen molar-refractivity contribution in [3.8, 4) is 34.0 Å². The predicted molar refractivity (Wildman–Crippen MR) is 135 cm³/mol. The highest BCUT2D eigenvalue weighted by Gasteiger charge is 2.43. The minimum Gasteiger partial charge on any atom is -0.456 e. The van der Waals surface area contributed by atoms with Crippen LogP contribution in [0.2, 0.25) is 5.02 Å². The molecule has 0 amide bonds. The molecule has 2 aliphatic rings. The van der Waals surface area contributed by atoms with Gasteiger partial charge < -0.3 is 19.2 Å². The number of aromatic amines is 1. The number of halogens is 1. The zero-order valence-electron chi connectivity index (χ0n) is 19.2. The van der Waals surface area contributed by atoms with Crippen molar-refractivity contribution in [2.45, 2.75) is 24.7 Å². The van der Waals surface area contributed by atoms with E-state index in [1.807, 2.05) is 24.3 Å². The lowest BCUT2D eigenvalue weighted by Gasteiger charge is -2.15. The molecule has 1 unspecified atom stereocenters. The third kappa shape index (κ3) is 3.83. The molecule has 2 aliphatic heterocycles. The molecule has 5 aromatic rings. The maximum absolute atomic E-state index is 6.67. The van der Waals surface area contributed by atoms with E-state index in [0.717, 1.165) is 45.4 Å². The quantitative estimate of drug-likeness (QED) is 0.363. The topological polar surface area (TPSA) is 87.1 Å². The number of hydrogen-bond donors (Lipinski definition) is 1. The second-order valence-corrected chi connectivity index (χ2v) is 9.39. The number of aromatic nitrogens is 5. The average Bonchev–Trinajstić information content (AvgIpc) is 3.70. The van der Waals surface area contributed by atoms with Crippen LogP contribution >= 0.6 is 11.6 Å². The average molecular weight is 500 g/mol. The van der Waals surface area contributed by atoms with Crippen LogP contribution in [0.1, 0.15) is 6.42 Å². The smallest absolute Gasteiger partial charge is 0.295 e. The molecule has 3 atom stereocenters. The van der Waals surface area contributed by atoms with Gasteiger partial charge in [0.2, 0.25) is 0 Å². The standard InChI is InChI=1S/C27H22ClN5O3/c28-21-14-23-22(31-27(32-23)36-25-15-35-24-9-12-34-26(24)25)13-20(21)18-3-1-16(2-4-18)17-5-7-19(8-6-17)33-29-10-11-30-33/h1-8,10-11,13-14,24-26H,9,12,15H2,(H,31,32)/t24-,25?,26+/m1/s1. The number of nitrogens with one attached hydrogen (secondary N) is 1. The molecule has 2 fully saturated rings. The Balaban J connectivity index is 1.12. The van der Waals surface area contributed by atoms with Crippen LogP contribution in [-0.2, 0) is 9.47 Å². The molecule has 0 saturated carbocycles. The lowest BCUT2D eigenvalue weighted by atomic mass is 10.00. The third-order valence-corrected chi connectivity index (χ3v) is 7.09. The molecule has 9 heteroatoms. The zero-order valence-corrected chi connectivity index (χ0v) is 19.9. The van der Waals surface area contributed by atoms with Crippen LogP contribution in [0.5, 0.6) is 6.01 Å². The van der Waals surface area contributed by atoms with Crippen molar-refractivity contribution in [1.29, 1.82) is 0 Å². The van der Waals surface area contributed by atoms with Crippen molar-refractivity contribution >= 4 is 22.6 Å². The van der Waals surface area contributed by atoms with Gasteiger partial charge in [-0.3, -0.25) is 0 Å². The van der Waals surface area contributed by atoms with E-state index in [4.69, 9.17) is 25.8 Å². The Labute approximate surface area is 211 Å². The SMILES string of the molecule is Clc1cc2[nH]c(OC3CO[C@@H]4CCO[C@H]34)nc2cc1-c1ccc(-c2ccc(-n3nccn3)cc2)cc1. The first-order valence-corrected chi connectivity index (χ1v) is 12.3. The number of nitrogens with zero attached hydrogens (tertiary/aromatic N) is 4. The van der Waals surface area contributed by atoms with Gasteiger partial charge in [-0.25, -0.2) is 0 Å². The van der Waals surface area contributed by atoms with E-state index in [-0.39, 0.29) is 18.3 Å². The summed E-state index contributed by atoms with van der Waals surface area (Å²) in [5.74, 6) is 0. The van der Waals surface area contributed by atoms with Crippen LogP contribution in [0, 0.1) is 0 Å². The van der Waals surface area contributed by atoms with Crippen LogP contribution in [-0.4, -0.2) is 56.5 Å². The number of rotatable bonds is 5. The van der Waals surface area contributed by atoms with E-state index < -0.39 is 0 Å². The van der Waals surface area contributed by atoms with E-state index in [1.54, 1.807) is 17.2 Å². The van der Waals surface area contributed by atoms with Gasteiger partial charge in [0.25, 0.3) is 6.01 Å². The Morgan fingerprint density at radius 2 is 1.64 bits per heavy atom. The first-order valence-electron chi connectivity index (χ1n) is 11.9. The third-order valence-electron chi connectivity index (χ3n) is 6.78. The zero-order chi connectivity index (χ0) is 24.1. The lowest BCUT2D eigenvalue weighted by Crippen LogP contribution is -2.32. The molecule has 0 radical (unpaired) electrons. The molecule has 7 rings (SSSR count). The number of hydrogen-bond acceptors (Lipinski definition) is 6. The largest absolute Gasteiger partial charge is 0.456 e. The minimum absolute atomic E-state index is 0.0331. The van der Waals surface area contributed by atoms with Gasteiger partial charge in [-0.2, -0.15) is 20.0 Å². The second-order valence-electron chi connectivity index (χ2n) is 8.99. The highest BCUT2D eigenvalue weighted by molar-refractivity contribution is 6.34. The highest BCUT2D eigenvalue weighted by Crippen LogP contribution is 2.35. The van der Waals surface area contributed by atoms with Crippen molar-refractivity contribution in [2.24, 2.45) is 0 Å². The Bertz CT molecular complexity index is 1520. The van der Waals surface area contributed by atoms with Gasteiger partial charge in [-0.05, 0) is 47.4 Å². The molecule has 8 nitrogen and oxygen atoms in total. The van der Waals surface area contributed by atoms with Gasteiger partial charge >= 0.3 is 0 Å². The lowest BCUT2D eigenvalue weighted by molar-refractivity contribution is 0.0273. The van der Waals surface area contributed by atoms with Crippen molar-refractivity contribution in [3.05, 3.63) is 78.1 Å². The Hall–Kier alpha value is -3.72. The molecular formula is C27H22ClN5O3. The van der Waals surface area contributed by atoms with Gasteiger partial charge in [-0.1, -0.05) is 48.0 Å². The summed E-state index contributed by atoms with van der Waals surface area (Å²) in [5, 5.41) is 8.98. The molecule has 36 heavy (non-hydrogen) atoms. The minimum atomic E-state index is -0.162. The fourth-order valence-corrected chi connectivity index (χ4v) is 5.21. The molecule has 0 spiro atoms. The van der Waals surface area contributed by atoms with Gasteiger partial charge in [0, 0.05) is 12.2 Å². The molecule has 2 saturated heterocycles. The van der Waals surface area contributed by atoms with Crippen molar-refractivity contribution in [2.75, 3.05) is 13.2 Å². The van der Waals surface area contributed by atoms with E-state index in [1.165, 1.54) is 0 Å². The van der Waals surface area contributed by atoms with E-state index in [2.05, 4.69) is 56.6 Å². The summed E-state index contributed by atoms with van der Waals surface area (Å²) >= 11 is 6.67. The van der Waals surface area contributed by atoms with Crippen LogP contribution < -0.4 is 4.74 Å². The number of imidazole rings is 1. The van der Waals surface area contributed by atoms with Crippen LogP contribution in [0.4, 0.5) is 0 Å². The van der Waals surface area contributed by atoms with E-state index in [9.17, 15) is 0 Å². The normalized spacial score (nSPS) is 21.2. The predicted octanol–water partition coefficient (Wildman–Crippen LogP) is 5.07. The summed E-state index contributed by atoms with van der Waals surface area (Å²) in [6.07, 6.45) is 4.16. The number of fused-ring (bicyclic) bond motifs is 2. The monoisotopic (exact) mass is 499 g/mol. The van der Waals surface area contributed by atoms with E-state index in [0.29, 0.717) is 24.2 Å². The Morgan fingerprint density at radius 3 is 2.42 bits per heavy atom. The Kier molecular flexibility index (Phi) is 5.23. The number of benzene rings is 3. The maximum Gasteiger partial charge on any atom is 0.295 e. The molecule has 4 heterocycles. The molecule has 180 valence electrons. The summed E-state index contributed by atoms with van der Waals surface area (Å²) in [4.78, 5) is 9.47. The molecule has 3 aromatic carbocycles. The molecule has 1 N–H and O–H groups in total. The van der Waals surface area contributed by atoms with Gasteiger partial charge in [0.15, 0.2) is 6.10 Å². The van der Waals surface area contributed by atoms with Crippen molar-refractivity contribution < 1.29 is 14.2 Å². The van der Waals surface area contributed by atoms with Gasteiger partial charge in [-0.15, -0.1) is 0 Å². The van der Waals surface area contributed by atoms with Crippen molar-refractivity contribution in [1.82, 2.24) is 25.0 Å². The number of ether oxygens (including phenoxy) is 3. The molecule has 2 aromatic heterocycles. The van der Waals surface area contributed by atoms with Crippen LogP contribution in [0.15, 0.2) is 73.1 Å². The van der Waals surface area contributed by atoms with E-state index >= 15 is 0 Å². The number of H-pyrrole nitrogens is 1. The summed E-state index contributed by atoms with van der Waals surface area (Å²) in [6.45, 7) is 1.22. The summed E-state index contributed by atoms with van der Waals surface area (Å²) in [6, 6.07) is 20.8. The first-order chi connectivity index (χ1) is 17.7. The fraction of sp³-hybridized carbons (Fsp3) is 0.222. The van der Waals surface area contributed by atoms with Crippen molar-refractivity contribution in [3.63, 3.8) is 0 Å². The Morgan fingerprint density at radius 1 is 0.917 bits per heavy atom. The highest BCUT2D eigenvalue weighted by atomic mass is 35.5.